The van der Waals surface area contributed by atoms with Crippen LogP contribution in [0.4, 0.5) is 4.39 Å². The lowest BCUT2D eigenvalue weighted by atomic mass is 10.0. The Balaban J connectivity index is 2.07. The first kappa shape index (κ1) is 23.6. The third kappa shape index (κ3) is 6.15. The summed E-state index contributed by atoms with van der Waals surface area (Å²) in [5.74, 6) is -0.406. The maximum atomic E-state index is 13.0. The molecule has 0 heterocycles. The van der Waals surface area contributed by atoms with Gasteiger partial charge in [0.05, 0.1) is 24.0 Å². The molecule has 2 N–H and O–H groups in total. The Morgan fingerprint density at radius 3 is 2.37 bits per heavy atom. The fourth-order valence-electron chi connectivity index (χ4n) is 2.61. The predicted molar refractivity (Wildman–Crippen MR) is 120 cm³/mol. The normalized spacial score (nSPS) is 12.0. The molecule has 0 aliphatic carbocycles. The number of benzene rings is 2. The Morgan fingerprint density at radius 1 is 1.13 bits per heavy atom. The number of hydrazone groups is 1. The molecule has 0 saturated carbocycles. The largest absolute Gasteiger partial charge is 0.493 e. The maximum Gasteiger partial charge on any atom is 0.262 e. The highest BCUT2D eigenvalue weighted by Crippen LogP contribution is 2.32. The molecule has 30 heavy (non-hydrogen) atoms. The summed E-state index contributed by atoms with van der Waals surface area (Å²) in [5, 5.41) is 6.64. The number of hydrogen-bond donors (Lipinski definition) is 2. The van der Waals surface area contributed by atoms with Crippen molar-refractivity contribution in [2.24, 2.45) is 11.0 Å². The molecule has 1 atom stereocenters. The summed E-state index contributed by atoms with van der Waals surface area (Å²) in [4.78, 5) is 24.9. The summed E-state index contributed by atoms with van der Waals surface area (Å²) in [6.07, 6.45) is 1.47. The van der Waals surface area contributed by atoms with E-state index >= 15 is 0 Å². The van der Waals surface area contributed by atoms with Gasteiger partial charge in [-0.1, -0.05) is 13.8 Å². The minimum atomic E-state index is -0.815. The molecule has 2 rings (SSSR count). The van der Waals surface area contributed by atoms with Crippen molar-refractivity contribution >= 4 is 40.6 Å². The average molecular weight is 527 g/mol. The van der Waals surface area contributed by atoms with E-state index < -0.39 is 23.7 Å². The highest BCUT2D eigenvalue weighted by Gasteiger charge is 2.24. The Morgan fingerprint density at radius 2 is 1.80 bits per heavy atom. The van der Waals surface area contributed by atoms with E-state index in [1.807, 2.05) is 6.07 Å². The summed E-state index contributed by atoms with van der Waals surface area (Å²) >= 11 is 2.12. The molecule has 0 saturated heterocycles. The van der Waals surface area contributed by atoms with E-state index in [1.54, 1.807) is 27.0 Å². The third-order valence-electron chi connectivity index (χ3n) is 4.19. The van der Waals surface area contributed by atoms with Gasteiger partial charge in [0.2, 0.25) is 0 Å². The predicted octanol–water partition coefficient (Wildman–Crippen LogP) is 3.35. The summed E-state index contributed by atoms with van der Waals surface area (Å²) < 4.78 is 24.5. The smallest absolute Gasteiger partial charge is 0.262 e. The van der Waals surface area contributed by atoms with Gasteiger partial charge < -0.3 is 14.8 Å². The molecule has 2 amide bonds. The summed E-state index contributed by atoms with van der Waals surface area (Å²) in [6.45, 7) is 3.60. The Bertz CT molecular complexity index is 933. The number of rotatable bonds is 8. The number of nitrogens with one attached hydrogen (secondary N) is 2. The molecule has 9 heteroatoms. The van der Waals surface area contributed by atoms with Crippen molar-refractivity contribution in [3.8, 4) is 11.5 Å². The number of carbonyl (C=O) groups is 2. The number of carbonyl (C=O) groups excluding carboxylic acids is 2. The number of nitrogens with zero attached hydrogens (tertiary/aromatic N) is 1. The monoisotopic (exact) mass is 527 g/mol. The molecule has 0 spiro atoms. The van der Waals surface area contributed by atoms with Gasteiger partial charge in [-0.2, -0.15) is 5.10 Å². The van der Waals surface area contributed by atoms with Crippen molar-refractivity contribution in [1.29, 1.82) is 0 Å². The Labute approximate surface area is 188 Å². The van der Waals surface area contributed by atoms with Gasteiger partial charge in [0, 0.05) is 5.56 Å². The lowest BCUT2D eigenvalue weighted by Gasteiger charge is -2.20. The number of methoxy groups -OCH3 is 2. The van der Waals surface area contributed by atoms with Crippen LogP contribution >= 0.6 is 22.6 Å². The van der Waals surface area contributed by atoms with Gasteiger partial charge in [-0.25, -0.2) is 9.82 Å². The molecular weight excluding hydrogens is 504 g/mol. The van der Waals surface area contributed by atoms with E-state index in [0.29, 0.717) is 17.1 Å². The second-order valence-electron chi connectivity index (χ2n) is 6.67. The van der Waals surface area contributed by atoms with E-state index in [1.165, 1.54) is 37.6 Å². The van der Waals surface area contributed by atoms with E-state index in [9.17, 15) is 14.0 Å². The van der Waals surface area contributed by atoms with Gasteiger partial charge >= 0.3 is 0 Å². The zero-order valence-corrected chi connectivity index (χ0v) is 19.2. The Kier molecular flexibility index (Phi) is 8.58. The van der Waals surface area contributed by atoms with Crippen LogP contribution in [0.25, 0.3) is 0 Å². The second kappa shape index (κ2) is 10.9. The number of hydrogen-bond acceptors (Lipinski definition) is 5. The lowest BCUT2D eigenvalue weighted by Crippen LogP contribution is -2.48. The Hall–Kier alpha value is -2.69. The summed E-state index contributed by atoms with van der Waals surface area (Å²) in [7, 11) is 3.09. The van der Waals surface area contributed by atoms with Crippen LogP contribution in [-0.4, -0.2) is 38.3 Å². The van der Waals surface area contributed by atoms with Crippen LogP contribution in [0.1, 0.15) is 29.8 Å². The van der Waals surface area contributed by atoms with Crippen LogP contribution in [0, 0.1) is 15.3 Å². The van der Waals surface area contributed by atoms with Gasteiger partial charge in [-0.05, 0) is 70.5 Å². The lowest BCUT2D eigenvalue weighted by molar-refractivity contribution is -0.123. The summed E-state index contributed by atoms with van der Waals surface area (Å²) in [6, 6.07) is 7.83. The molecule has 2 aromatic rings. The second-order valence-corrected chi connectivity index (χ2v) is 7.84. The summed E-state index contributed by atoms with van der Waals surface area (Å²) in [5.41, 5.74) is 3.41. The molecule has 2 aromatic carbocycles. The van der Waals surface area contributed by atoms with Gasteiger partial charge in [0.1, 0.15) is 11.9 Å². The van der Waals surface area contributed by atoms with E-state index in [-0.39, 0.29) is 11.5 Å². The molecule has 7 nitrogen and oxygen atoms in total. The van der Waals surface area contributed by atoms with Crippen LogP contribution in [-0.2, 0) is 4.79 Å². The van der Waals surface area contributed by atoms with Crippen LogP contribution < -0.4 is 20.2 Å². The van der Waals surface area contributed by atoms with Gasteiger partial charge in [-0.15, -0.1) is 0 Å². The van der Waals surface area contributed by atoms with Crippen LogP contribution in [0.5, 0.6) is 11.5 Å². The van der Waals surface area contributed by atoms with Crippen LogP contribution in [0.2, 0.25) is 0 Å². The first-order valence-corrected chi connectivity index (χ1v) is 10.2. The molecule has 0 aromatic heterocycles. The van der Waals surface area contributed by atoms with Crippen LogP contribution in [0.3, 0.4) is 0 Å². The van der Waals surface area contributed by atoms with Crippen molar-refractivity contribution in [2.45, 2.75) is 19.9 Å². The highest BCUT2D eigenvalue weighted by molar-refractivity contribution is 14.1. The highest BCUT2D eigenvalue weighted by atomic mass is 127. The number of amides is 2. The molecular formula is C21H23FIN3O4. The fourth-order valence-corrected chi connectivity index (χ4v) is 3.46. The molecule has 0 aliphatic rings. The quantitative estimate of drug-likeness (QED) is 0.313. The third-order valence-corrected chi connectivity index (χ3v) is 4.99. The van der Waals surface area contributed by atoms with Gasteiger partial charge in [0.25, 0.3) is 11.8 Å². The van der Waals surface area contributed by atoms with Crippen molar-refractivity contribution in [3.05, 3.63) is 56.9 Å². The first-order chi connectivity index (χ1) is 14.3. The van der Waals surface area contributed by atoms with E-state index in [4.69, 9.17) is 9.47 Å². The van der Waals surface area contributed by atoms with Crippen molar-refractivity contribution < 1.29 is 23.5 Å². The van der Waals surface area contributed by atoms with Gasteiger partial charge in [0.15, 0.2) is 11.5 Å². The van der Waals surface area contributed by atoms with E-state index in [0.717, 1.165) is 3.57 Å². The van der Waals surface area contributed by atoms with Crippen LogP contribution in [0.15, 0.2) is 41.5 Å². The van der Waals surface area contributed by atoms with Crippen molar-refractivity contribution in [3.63, 3.8) is 0 Å². The minimum absolute atomic E-state index is 0.188. The molecule has 160 valence electrons. The van der Waals surface area contributed by atoms with Crippen molar-refractivity contribution in [1.82, 2.24) is 10.7 Å². The minimum Gasteiger partial charge on any atom is -0.493 e. The number of halogens is 2. The SMILES string of the molecule is COc1cc(/C=N/NC(=O)C(NC(=O)c2ccc(F)cc2)C(C)C)cc(I)c1OC. The molecule has 0 fully saturated rings. The van der Waals surface area contributed by atoms with Crippen molar-refractivity contribution in [2.75, 3.05) is 14.2 Å². The molecule has 0 radical (unpaired) electrons. The maximum absolute atomic E-state index is 13.0. The molecule has 1 unspecified atom stereocenters. The zero-order chi connectivity index (χ0) is 22.3. The zero-order valence-electron chi connectivity index (χ0n) is 17.0. The standard InChI is InChI=1S/C21H23FIN3O4/c1-12(2)18(25-20(27)14-5-7-15(22)8-6-14)21(28)26-24-11-13-9-16(23)19(30-4)17(10-13)29-3/h5-12,18H,1-4H3,(H,25,27)(H,26,28)/b24-11+. The van der Waals surface area contributed by atoms with Gasteiger partial charge in [-0.3, -0.25) is 9.59 Å². The average Bonchev–Trinajstić information content (AvgIpc) is 2.71. The molecule has 0 aliphatic heterocycles. The topological polar surface area (TPSA) is 89.0 Å². The van der Waals surface area contributed by atoms with E-state index in [2.05, 4.69) is 38.4 Å². The number of ether oxygens (including phenoxy) is 2. The fraction of sp³-hybridized carbons (Fsp3) is 0.286. The molecule has 0 bridgehead atoms. The first-order valence-electron chi connectivity index (χ1n) is 9.07.